The minimum atomic E-state index is 0.484. The third kappa shape index (κ3) is 2.08. The van der Waals surface area contributed by atoms with Gasteiger partial charge in [-0.2, -0.15) is 0 Å². The Balaban J connectivity index is 1.92. The Hall–Kier alpha value is -0.630. The topological polar surface area (TPSA) is 7.45 Å². The molecule has 0 bridgehead atoms. The predicted octanol–water partition coefficient (Wildman–Crippen LogP) is 0.836. The predicted molar refractivity (Wildman–Crippen MR) is 66.0 cm³/mol. The Bertz CT molecular complexity index is 351. The summed E-state index contributed by atoms with van der Waals surface area (Å²) in [4.78, 5) is 1.74. The van der Waals surface area contributed by atoms with Gasteiger partial charge in [0.2, 0.25) is 0 Å². The SMILES string of the molecule is CC1(C)CC([NH+]2CC2)=CC(=[N+]2CCCC2)C1. The molecule has 0 radical (unpaired) electrons. The molecule has 2 fully saturated rings. The highest BCUT2D eigenvalue weighted by Crippen LogP contribution is 2.32. The van der Waals surface area contributed by atoms with Crippen LogP contribution >= 0.6 is 0 Å². The van der Waals surface area contributed by atoms with E-state index < -0.39 is 0 Å². The van der Waals surface area contributed by atoms with Crippen molar-refractivity contribution in [3.05, 3.63) is 11.8 Å². The molecule has 0 saturated carbocycles. The molecule has 3 rings (SSSR count). The maximum atomic E-state index is 2.63. The molecular formula is C14H24N2+2. The molecule has 0 aromatic heterocycles. The highest BCUT2D eigenvalue weighted by atomic mass is 15.3. The van der Waals surface area contributed by atoms with Crippen molar-refractivity contribution < 1.29 is 9.48 Å². The zero-order chi connectivity index (χ0) is 11.2. The molecule has 0 atom stereocenters. The van der Waals surface area contributed by atoms with E-state index in [1.165, 1.54) is 51.9 Å². The lowest BCUT2D eigenvalue weighted by Gasteiger charge is -2.27. The van der Waals surface area contributed by atoms with Crippen molar-refractivity contribution in [2.24, 2.45) is 5.41 Å². The Morgan fingerprint density at radius 3 is 2.44 bits per heavy atom. The summed E-state index contributed by atoms with van der Waals surface area (Å²) in [6.45, 7) is 10.2. The summed E-state index contributed by atoms with van der Waals surface area (Å²) in [5.41, 5.74) is 3.79. The van der Waals surface area contributed by atoms with Crippen LogP contribution in [-0.2, 0) is 0 Å². The van der Waals surface area contributed by atoms with Crippen molar-refractivity contribution in [3.8, 4) is 0 Å². The van der Waals surface area contributed by atoms with E-state index in [4.69, 9.17) is 0 Å². The minimum Gasteiger partial charge on any atom is -0.297 e. The van der Waals surface area contributed by atoms with Crippen LogP contribution in [0.25, 0.3) is 0 Å². The first-order valence-corrected chi connectivity index (χ1v) is 6.80. The van der Waals surface area contributed by atoms with Gasteiger partial charge in [-0.25, -0.2) is 4.58 Å². The highest BCUT2D eigenvalue weighted by Gasteiger charge is 2.39. The van der Waals surface area contributed by atoms with Crippen molar-refractivity contribution in [1.29, 1.82) is 0 Å². The molecule has 2 heteroatoms. The molecule has 3 aliphatic rings. The quantitative estimate of drug-likeness (QED) is 0.495. The molecule has 1 N–H and O–H groups in total. The van der Waals surface area contributed by atoms with Gasteiger partial charge in [0.05, 0.1) is 6.08 Å². The summed E-state index contributed by atoms with van der Waals surface area (Å²) in [5.74, 6) is 0. The van der Waals surface area contributed by atoms with Gasteiger partial charge < -0.3 is 0 Å². The van der Waals surface area contributed by atoms with E-state index in [0.717, 1.165) is 0 Å². The number of rotatable bonds is 1. The molecule has 16 heavy (non-hydrogen) atoms. The van der Waals surface area contributed by atoms with E-state index in [1.54, 1.807) is 16.3 Å². The molecular weight excluding hydrogens is 196 g/mol. The van der Waals surface area contributed by atoms with Crippen LogP contribution in [0.15, 0.2) is 11.8 Å². The Kier molecular flexibility index (Phi) is 2.43. The summed E-state index contributed by atoms with van der Waals surface area (Å²) >= 11 is 0. The van der Waals surface area contributed by atoms with E-state index in [2.05, 4.69) is 24.5 Å². The van der Waals surface area contributed by atoms with Gasteiger partial charge in [0.1, 0.15) is 31.9 Å². The molecule has 0 spiro atoms. The van der Waals surface area contributed by atoms with Gasteiger partial charge in [0, 0.05) is 25.7 Å². The lowest BCUT2D eigenvalue weighted by atomic mass is 9.78. The van der Waals surface area contributed by atoms with Crippen LogP contribution in [0.5, 0.6) is 0 Å². The molecule has 2 nitrogen and oxygen atoms in total. The second kappa shape index (κ2) is 3.69. The monoisotopic (exact) mass is 220 g/mol. The van der Waals surface area contributed by atoms with Crippen LogP contribution in [0.3, 0.4) is 0 Å². The molecule has 2 aliphatic heterocycles. The van der Waals surface area contributed by atoms with Crippen molar-refractivity contribution in [2.75, 3.05) is 26.2 Å². The number of nitrogens with zero attached hydrogens (tertiary/aromatic N) is 1. The first kappa shape index (κ1) is 10.5. The van der Waals surface area contributed by atoms with Gasteiger partial charge in [0.25, 0.3) is 0 Å². The molecule has 1 aliphatic carbocycles. The summed E-state index contributed by atoms with van der Waals surface area (Å²) in [7, 11) is 0. The van der Waals surface area contributed by atoms with Gasteiger partial charge in [-0.15, -0.1) is 0 Å². The normalized spacial score (nSPS) is 29.5. The largest absolute Gasteiger partial charge is 0.297 e. The van der Waals surface area contributed by atoms with Gasteiger partial charge in [-0.05, 0) is 5.41 Å². The van der Waals surface area contributed by atoms with Gasteiger partial charge in [-0.1, -0.05) is 13.8 Å². The molecule has 2 saturated heterocycles. The number of hydrogen-bond donors (Lipinski definition) is 1. The van der Waals surface area contributed by atoms with E-state index in [9.17, 15) is 0 Å². The second-order valence-corrected chi connectivity index (χ2v) is 6.48. The first-order valence-electron chi connectivity index (χ1n) is 6.80. The lowest BCUT2D eigenvalue weighted by molar-refractivity contribution is -0.715. The van der Waals surface area contributed by atoms with Crippen molar-refractivity contribution in [1.82, 2.24) is 0 Å². The Morgan fingerprint density at radius 2 is 1.81 bits per heavy atom. The van der Waals surface area contributed by atoms with Crippen LogP contribution in [0.4, 0.5) is 0 Å². The summed E-state index contributed by atoms with van der Waals surface area (Å²) in [5, 5.41) is 0. The third-order valence-corrected chi connectivity index (χ3v) is 4.14. The zero-order valence-corrected chi connectivity index (χ0v) is 10.7. The average molecular weight is 220 g/mol. The van der Waals surface area contributed by atoms with Crippen molar-refractivity contribution in [3.63, 3.8) is 0 Å². The van der Waals surface area contributed by atoms with Crippen molar-refractivity contribution >= 4 is 5.71 Å². The smallest absolute Gasteiger partial charge is 0.182 e. The number of allylic oxidation sites excluding steroid dienone is 2. The van der Waals surface area contributed by atoms with E-state index >= 15 is 0 Å². The Morgan fingerprint density at radius 1 is 1.12 bits per heavy atom. The lowest BCUT2D eigenvalue weighted by Crippen LogP contribution is -2.90. The van der Waals surface area contributed by atoms with Crippen LogP contribution in [0.1, 0.15) is 39.5 Å². The third-order valence-electron chi connectivity index (χ3n) is 4.14. The molecule has 0 unspecified atom stereocenters. The van der Waals surface area contributed by atoms with Gasteiger partial charge in [0.15, 0.2) is 5.71 Å². The summed E-state index contributed by atoms with van der Waals surface area (Å²) in [6, 6.07) is 0. The van der Waals surface area contributed by atoms with Crippen LogP contribution < -0.4 is 4.90 Å². The standard InChI is InChI=1S/C14H23N2/c1-14(2)10-12(15-5-3-4-6-15)9-13(11-14)16-7-8-16/h9H,3-8,10-11H2,1-2H3/q+1/p+1. The maximum Gasteiger partial charge on any atom is 0.182 e. The van der Waals surface area contributed by atoms with Crippen LogP contribution in [0, 0.1) is 5.41 Å². The Labute approximate surface area is 98.6 Å². The molecule has 0 aromatic rings. The van der Waals surface area contributed by atoms with Gasteiger partial charge in [-0.3, -0.25) is 4.90 Å². The van der Waals surface area contributed by atoms with E-state index in [0.29, 0.717) is 5.41 Å². The molecule has 0 amide bonds. The zero-order valence-electron chi connectivity index (χ0n) is 10.7. The van der Waals surface area contributed by atoms with Crippen molar-refractivity contribution in [2.45, 2.75) is 39.5 Å². The molecule has 88 valence electrons. The number of hydrogen-bond acceptors (Lipinski definition) is 0. The maximum absolute atomic E-state index is 2.63. The molecule has 2 heterocycles. The fourth-order valence-electron chi connectivity index (χ4n) is 3.19. The summed E-state index contributed by atoms with van der Waals surface area (Å²) < 4.78 is 2.63. The fourth-order valence-corrected chi connectivity index (χ4v) is 3.19. The fraction of sp³-hybridized carbons (Fsp3) is 0.786. The van der Waals surface area contributed by atoms with Gasteiger partial charge >= 0.3 is 0 Å². The number of nitrogens with one attached hydrogen (secondary N) is 1. The number of quaternary nitrogens is 1. The van der Waals surface area contributed by atoms with E-state index in [-0.39, 0.29) is 0 Å². The van der Waals surface area contributed by atoms with Crippen LogP contribution in [-0.4, -0.2) is 36.5 Å². The average Bonchev–Trinajstić information content (AvgIpc) is 2.91. The second-order valence-electron chi connectivity index (χ2n) is 6.48. The van der Waals surface area contributed by atoms with E-state index in [1.807, 2.05) is 0 Å². The molecule has 0 aromatic carbocycles. The highest BCUT2D eigenvalue weighted by molar-refractivity contribution is 5.92. The minimum absolute atomic E-state index is 0.484. The summed E-state index contributed by atoms with van der Waals surface area (Å²) in [6.07, 6.45) is 7.90. The first-order chi connectivity index (χ1) is 7.64. The van der Waals surface area contributed by atoms with Crippen LogP contribution in [0.2, 0.25) is 0 Å².